The lowest BCUT2D eigenvalue weighted by molar-refractivity contribution is -0.320. The summed E-state index contributed by atoms with van der Waals surface area (Å²) in [5, 5.41) is 3.10. The Bertz CT molecular complexity index is 1530. The van der Waals surface area contributed by atoms with Crippen molar-refractivity contribution in [3.05, 3.63) is 0 Å². The summed E-state index contributed by atoms with van der Waals surface area (Å²) in [6.45, 7) is 30.3. The Kier molecular flexibility index (Phi) is 35.9. The summed E-state index contributed by atoms with van der Waals surface area (Å²) in [6, 6.07) is -0.711. The van der Waals surface area contributed by atoms with Gasteiger partial charge in [0.25, 0.3) is 0 Å². The largest absolute Gasteiger partial charge is 0.463 e. The van der Waals surface area contributed by atoms with Crippen LogP contribution in [0.5, 0.6) is 0 Å². The van der Waals surface area contributed by atoms with E-state index in [9.17, 15) is 9.59 Å². The quantitative estimate of drug-likeness (QED) is 0.0358. The van der Waals surface area contributed by atoms with E-state index in [0.29, 0.717) is 36.5 Å². The predicted octanol–water partition coefficient (Wildman–Crippen LogP) is 18.0. The van der Waals surface area contributed by atoms with Gasteiger partial charge in [0.2, 0.25) is 5.91 Å². The first-order valence-corrected chi connectivity index (χ1v) is 34.9. The SMILES string of the molecule is CCCCCCCCCCCCCCCC(=O)N[C@H](COC(=O)CCCCCCCCCCCCCCC)COP(C)(=O)OC1C(O[C@@H]2OC(CC)[C@H](C)[C@H](C)C2C)C(C)C(C)[C@H](C)C1O[C@H]1OC(CC)[C@@H](C)C(C)[C@H]1C. The Balaban J connectivity index is 1.72. The molecule has 10 unspecified atom stereocenters. The van der Waals surface area contributed by atoms with Gasteiger partial charge in [-0.1, -0.05) is 244 Å². The summed E-state index contributed by atoms with van der Waals surface area (Å²) in [6.07, 6.45) is 31.8. The molecule has 77 heavy (non-hydrogen) atoms. The van der Waals surface area contributed by atoms with Crippen LogP contribution < -0.4 is 5.32 Å². The molecule has 2 saturated heterocycles. The van der Waals surface area contributed by atoms with Gasteiger partial charge in [-0.15, -0.1) is 0 Å². The Labute approximate surface area is 474 Å². The van der Waals surface area contributed by atoms with Crippen LogP contribution in [0.3, 0.4) is 0 Å². The van der Waals surface area contributed by atoms with Gasteiger partial charge < -0.3 is 33.5 Å². The van der Waals surface area contributed by atoms with Gasteiger partial charge in [0.15, 0.2) is 12.6 Å². The summed E-state index contributed by atoms with van der Waals surface area (Å²) in [7, 11) is -3.90. The number of hydrogen-bond donors (Lipinski definition) is 1. The van der Waals surface area contributed by atoms with E-state index >= 15 is 4.57 Å². The van der Waals surface area contributed by atoms with Crippen LogP contribution in [0.4, 0.5) is 0 Å². The van der Waals surface area contributed by atoms with Crippen molar-refractivity contribution < 1.29 is 46.9 Å². The number of nitrogens with one attached hydrogen (secondary N) is 1. The standard InChI is InChI=1S/C65H124NO10P/c1-15-19-21-23-25-27-29-31-33-35-37-39-41-43-59(67)66-56(45-70-60(68)44-42-40-38-36-34-32-30-28-26-24-22-20-16-2)46-71-77(14,69)76-63-61(74-64-54(12)47(5)50(8)57(17-3)72-64)52(10)49(7)53(11)62(63)75-65-55(13)48(6)51(9)58(18-4)73-65/h47-58,61-65H,15-46H2,1-14H3,(H,66,67)/t47-,48?,49?,50+,51-,52?,53-,54?,55+,56+,57?,58?,61?,62?,63?,64-,65+,77?/m0/s1. The first-order valence-electron chi connectivity index (χ1n) is 32.9. The highest BCUT2D eigenvalue weighted by atomic mass is 31.2. The van der Waals surface area contributed by atoms with E-state index in [1.54, 1.807) is 0 Å². The van der Waals surface area contributed by atoms with Crippen LogP contribution >= 0.6 is 7.60 Å². The number of carbonyl (C=O) groups excluding carboxylic acids is 2. The minimum Gasteiger partial charge on any atom is -0.463 e. The number of ether oxygens (including phenoxy) is 5. The number of esters is 1. The van der Waals surface area contributed by atoms with Crippen molar-refractivity contribution in [3.63, 3.8) is 0 Å². The second-order valence-electron chi connectivity index (χ2n) is 25.4. The van der Waals surface area contributed by atoms with Crippen molar-refractivity contribution in [1.82, 2.24) is 5.32 Å². The molecule has 12 heteroatoms. The average molecular weight is 1110 g/mol. The van der Waals surface area contributed by atoms with E-state index in [1.807, 2.05) is 0 Å². The number of rotatable bonds is 42. The van der Waals surface area contributed by atoms with Crippen molar-refractivity contribution in [3.8, 4) is 0 Å². The van der Waals surface area contributed by atoms with Crippen LogP contribution in [0, 0.1) is 53.3 Å². The molecular formula is C65H124NO10P. The van der Waals surface area contributed by atoms with Gasteiger partial charge in [-0.3, -0.25) is 18.7 Å². The molecule has 0 aromatic heterocycles. The zero-order chi connectivity index (χ0) is 56.8. The molecule has 18 atom stereocenters. The maximum atomic E-state index is 15.0. The highest BCUT2D eigenvalue weighted by molar-refractivity contribution is 7.53. The maximum absolute atomic E-state index is 15.0. The third-order valence-corrected chi connectivity index (χ3v) is 20.6. The average Bonchev–Trinajstić information content (AvgIpc) is 3.41. The van der Waals surface area contributed by atoms with Gasteiger partial charge in [0, 0.05) is 31.3 Å². The Morgan fingerprint density at radius 1 is 0.442 bits per heavy atom. The molecule has 1 aliphatic carbocycles. The van der Waals surface area contributed by atoms with Crippen molar-refractivity contribution in [1.29, 1.82) is 0 Å². The molecule has 0 aromatic rings. The molecule has 0 bridgehead atoms. The first kappa shape index (κ1) is 70.2. The Hall–Kier alpha value is -1.07. The van der Waals surface area contributed by atoms with Crippen LogP contribution in [-0.4, -0.2) is 80.9 Å². The Morgan fingerprint density at radius 2 is 0.792 bits per heavy atom. The molecule has 3 rings (SSSR count). The highest BCUT2D eigenvalue weighted by Crippen LogP contribution is 2.52. The lowest BCUT2D eigenvalue weighted by Crippen LogP contribution is -2.60. The van der Waals surface area contributed by atoms with Crippen molar-refractivity contribution >= 4 is 19.5 Å². The number of unbranched alkanes of at least 4 members (excludes halogenated alkanes) is 24. The first-order chi connectivity index (χ1) is 36.9. The third-order valence-electron chi connectivity index (χ3n) is 19.3. The van der Waals surface area contributed by atoms with Gasteiger partial charge in [-0.2, -0.15) is 0 Å². The zero-order valence-electron chi connectivity index (χ0n) is 52.5. The van der Waals surface area contributed by atoms with Gasteiger partial charge in [0.1, 0.15) is 12.7 Å². The van der Waals surface area contributed by atoms with Crippen LogP contribution in [0.2, 0.25) is 0 Å². The van der Waals surface area contributed by atoms with Crippen molar-refractivity contribution in [2.45, 2.75) is 332 Å². The predicted molar refractivity (Wildman–Crippen MR) is 318 cm³/mol. The van der Waals surface area contributed by atoms with E-state index in [0.717, 1.165) is 51.4 Å². The molecule has 3 aliphatic rings. The fraction of sp³-hybridized carbons (Fsp3) is 0.969. The van der Waals surface area contributed by atoms with Crippen LogP contribution in [0.15, 0.2) is 0 Å². The lowest BCUT2D eigenvalue weighted by atomic mass is 9.69. The molecule has 1 amide bonds. The second-order valence-corrected chi connectivity index (χ2v) is 27.4. The molecule has 0 radical (unpaired) electrons. The van der Waals surface area contributed by atoms with E-state index < -0.39 is 44.5 Å². The fourth-order valence-corrected chi connectivity index (χ4v) is 13.9. The third kappa shape index (κ3) is 25.5. The number of hydrogen-bond acceptors (Lipinski definition) is 10. The molecule has 0 aromatic carbocycles. The highest BCUT2D eigenvalue weighted by Gasteiger charge is 2.54. The summed E-state index contributed by atoms with van der Waals surface area (Å²) in [4.78, 5) is 26.8. The molecular weight excluding hydrogens is 986 g/mol. The minimum atomic E-state index is -3.90. The summed E-state index contributed by atoms with van der Waals surface area (Å²) >= 11 is 0. The molecule has 1 saturated carbocycles. The molecule has 1 N–H and O–H groups in total. The zero-order valence-corrected chi connectivity index (χ0v) is 53.4. The van der Waals surface area contributed by atoms with Crippen molar-refractivity contribution in [2.75, 3.05) is 19.9 Å². The fourth-order valence-electron chi connectivity index (χ4n) is 12.7. The molecule has 2 heterocycles. The second kappa shape index (κ2) is 39.4. The van der Waals surface area contributed by atoms with Gasteiger partial charge >= 0.3 is 13.6 Å². The number of carbonyl (C=O) groups is 2. The monoisotopic (exact) mass is 1110 g/mol. The smallest absolute Gasteiger partial charge is 0.328 e. The molecule has 3 fully saturated rings. The van der Waals surface area contributed by atoms with E-state index in [-0.39, 0.29) is 66.9 Å². The van der Waals surface area contributed by atoms with E-state index in [1.165, 1.54) is 135 Å². The van der Waals surface area contributed by atoms with Crippen LogP contribution in [0.25, 0.3) is 0 Å². The maximum Gasteiger partial charge on any atom is 0.328 e. The van der Waals surface area contributed by atoms with Gasteiger partial charge in [-0.05, 0) is 67.1 Å². The van der Waals surface area contributed by atoms with Crippen molar-refractivity contribution in [2.24, 2.45) is 53.3 Å². The van der Waals surface area contributed by atoms with E-state index in [2.05, 4.69) is 95.3 Å². The molecule has 454 valence electrons. The summed E-state index contributed by atoms with van der Waals surface area (Å²) in [5.41, 5.74) is 0. The van der Waals surface area contributed by atoms with Crippen LogP contribution in [-0.2, 0) is 46.9 Å². The molecule has 11 nitrogen and oxygen atoms in total. The van der Waals surface area contributed by atoms with Crippen LogP contribution in [0.1, 0.15) is 283 Å². The van der Waals surface area contributed by atoms with E-state index in [4.69, 9.17) is 32.7 Å². The normalized spacial score (nSPS) is 31.9. The molecule has 2 aliphatic heterocycles. The number of amides is 1. The lowest BCUT2D eigenvalue weighted by Gasteiger charge is -2.53. The Morgan fingerprint density at radius 3 is 1.17 bits per heavy atom. The minimum absolute atomic E-state index is 0.00104. The van der Waals surface area contributed by atoms with Gasteiger partial charge in [0.05, 0.1) is 37.1 Å². The topological polar surface area (TPSA) is 128 Å². The summed E-state index contributed by atoms with van der Waals surface area (Å²) in [5.74, 6) is 1.48. The molecule has 0 spiro atoms. The summed E-state index contributed by atoms with van der Waals surface area (Å²) < 4.78 is 62.0. The van der Waals surface area contributed by atoms with Gasteiger partial charge in [-0.25, -0.2) is 0 Å².